The van der Waals surface area contributed by atoms with Gasteiger partial charge in [-0.15, -0.1) is 5.10 Å². The maximum Gasteiger partial charge on any atom is 0.341 e. The molecule has 1 aliphatic rings. The summed E-state index contributed by atoms with van der Waals surface area (Å²) in [5, 5.41) is 8.28. The van der Waals surface area contributed by atoms with Crippen LogP contribution in [0.5, 0.6) is 5.75 Å². The van der Waals surface area contributed by atoms with Crippen LogP contribution in [0.1, 0.15) is 21.7 Å². The highest BCUT2D eigenvalue weighted by Crippen LogP contribution is 2.40. The third-order valence-electron chi connectivity index (χ3n) is 4.54. The molecule has 0 aliphatic carbocycles. The van der Waals surface area contributed by atoms with Crippen LogP contribution in [0.4, 0.5) is 8.78 Å². The van der Waals surface area contributed by atoms with Gasteiger partial charge in [0.1, 0.15) is 23.5 Å². The van der Waals surface area contributed by atoms with Crippen molar-refractivity contribution in [2.75, 3.05) is 6.54 Å². The summed E-state index contributed by atoms with van der Waals surface area (Å²) < 4.78 is 33.6. The summed E-state index contributed by atoms with van der Waals surface area (Å²) in [4.78, 5) is 25.3. The second-order valence-corrected chi connectivity index (χ2v) is 6.59. The zero-order valence-electron chi connectivity index (χ0n) is 14.8. The lowest BCUT2D eigenvalue weighted by atomic mass is 9.99. The lowest BCUT2D eigenvalue weighted by Gasteiger charge is -2.13. The fourth-order valence-corrected chi connectivity index (χ4v) is 3.20. The molecule has 9 heteroatoms. The van der Waals surface area contributed by atoms with Crippen molar-refractivity contribution in [3.8, 4) is 16.9 Å². The van der Waals surface area contributed by atoms with E-state index in [1.165, 1.54) is 18.2 Å². The normalized spacial score (nSPS) is 15.2. The molecule has 1 aliphatic heterocycles. The van der Waals surface area contributed by atoms with Crippen LogP contribution in [0.15, 0.2) is 35.1 Å². The first-order chi connectivity index (χ1) is 13.4. The van der Waals surface area contributed by atoms with Crippen LogP contribution >= 0.6 is 0 Å². The molecule has 28 heavy (non-hydrogen) atoms. The van der Waals surface area contributed by atoms with Crippen molar-refractivity contribution in [1.82, 2.24) is 20.5 Å². The number of rotatable bonds is 4. The third-order valence-corrected chi connectivity index (χ3v) is 4.54. The number of carbonyl (C=O) groups is 1. The fourth-order valence-electron chi connectivity index (χ4n) is 3.20. The van der Waals surface area contributed by atoms with Crippen LogP contribution < -0.4 is 15.7 Å². The number of halogens is 2. The minimum absolute atomic E-state index is 0.131. The number of aromatic nitrogens is 3. The average Bonchev–Trinajstić information content (AvgIpc) is 3.27. The molecule has 7 nitrogen and oxygen atoms in total. The van der Waals surface area contributed by atoms with E-state index < -0.39 is 23.5 Å². The van der Waals surface area contributed by atoms with E-state index in [1.54, 1.807) is 19.1 Å². The van der Waals surface area contributed by atoms with Gasteiger partial charge in [-0.25, -0.2) is 18.7 Å². The van der Waals surface area contributed by atoms with E-state index in [2.05, 4.69) is 20.5 Å². The van der Waals surface area contributed by atoms with Gasteiger partial charge in [-0.2, -0.15) is 0 Å². The van der Waals surface area contributed by atoms with Crippen LogP contribution in [0.25, 0.3) is 11.1 Å². The van der Waals surface area contributed by atoms with E-state index in [1.807, 2.05) is 0 Å². The summed E-state index contributed by atoms with van der Waals surface area (Å²) in [6.45, 7) is 1.78. The number of hydrogen-bond donors (Lipinski definition) is 3. The van der Waals surface area contributed by atoms with Crippen molar-refractivity contribution in [2.45, 2.75) is 19.4 Å². The molecule has 0 saturated heterocycles. The van der Waals surface area contributed by atoms with Gasteiger partial charge in [0.05, 0.1) is 6.54 Å². The van der Waals surface area contributed by atoms with E-state index in [9.17, 15) is 18.4 Å². The first-order valence-electron chi connectivity index (χ1n) is 8.59. The van der Waals surface area contributed by atoms with Crippen molar-refractivity contribution in [3.63, 3.8) is 0 Å². The van der Waals surface area contributed by atoms with Crippen LogP contribution in [0.3, 0.4) is 0 Å². The Morgan fingerprint density at radius 3 is 2.86 bits per heavy atom. The highest BCUT2D eigenvalue weighted by Gasteiger charge is 2.28. The summed E-state index contributed by atoms with van der Waals surface area (Å²) in [6, 6.07) is 7.28. The van der Waals surface area contributed by atoms with Gasteiger partial charge >= 0.3 is 5.69 Å². The van der Waals surface area contributed by atoms with Gasteiger partial charge in [0.2, 0.25) is 5.82 Å². The number of benzene rings is 2. The van der Waals surface area contributed by atoms with Crippen molar-refractivity contribution < 1.29 is 18.3 Å². The molecule has 3 N–H and O–H groups in total. The summed E-state index contributed by atoms with van der Waals surface area (Å²) in [6.07, 6.45) is -0.0100. The summed E-state index contributed by atoms with van der Waals surface area (Å²) in [5.41, 5.74) is 1.72. The average molecular weight is 386 g/mol. The van der Waals surface area contributed by atoms with Crippen LogP contribution in [0.2, 0.25) is 0 Å². The summed E-state index contributed by atoms with van der Waals surface area (Å²) in [5.74, 6) is -0.930. The molecule has 1 atom stereocenters. The molecule has 1 aromatic heterocycles. The van der Waals surface area contributed by atoms with Crippen molar-refractivity contribution in [2.24, 2.45) is 0 Å². The first-order valence-corrected chi connectivity index (χ1v) is 8.59. The number of aryl methyl sites for hydroxylation is 1. The Bertz CT molecular complexity index is 1120. The lowest BCUT2D eigenvalue weighted by Crippen LogP contribution is -2.35. The number of nitrogens with one attached hydrogen (secondary N) is 3. The lowest BCUT2D eigenvalue weighted by molar-refractivity contribution is 0.0923. The number of amides is 1. The number of carbonyl (C=O) groups excluding carboxylic acids is 1. The monoisotopic (exact) mass is 386 g/mol. The smallest absolute Gasteiger partial charge is 0.341 e. The number of aromatic amines is 2. The van der Waals surface area contributed by atoms with Crippen LogP contribution in [-0.2, 0) is 6.42 Å². The maximum atomic E-state index is 14.1. The number of fused-ring (bicyclic) bond motifs is 1. The molecule has 3 aromatic rings. The van der Waals surface area contributed by atoms with Gasteiger partial charge in [-0.3, -0.25) is 9.78 Å². The minimum atomic E-state index is -0.579. The first kappa shape index (κ1) is 17.9. The number of ether oxygens (including phenoxy) is 1. The molecule has 1 amide bonds. The van der Waals surface area contributed by atoms with Gasteiger partial charge in [0.25, 0.3) is 5.91 Å². The Kier molecular flexibility index (Phi) is 4.42. The fraction of sp³-hybridized carbons (Fsp3) is 0.211. The predicted molar refractivity (Wildman–Crippen MR) is 96.2 cm³/mol. The molecule has 2 heterocycles. The van der Waals surface area contributed by atoms with Crippen LogP contribution in [0, 0.1) is 18.6 Å². The van der Waals surface area contributed by atoms with Gasteiger partial charge in [-0.1, -0.05) is 6.07 Å². The largest absolute Gasteiger partial charge is 0.487 e. The molecular formula is C19H16F2N4O3. The summed E-state index contributed by atoms with van der Waals surface area (Å²) >= 11 is 0. The maximum absolute atomic E-state index is 14.1. The topological polar surface area (TPSA) is 99.9 Å². The standard InChI is InChI=1S/C19H16F2N4O3/c1-9-4-10(2-3-15(9)21)14-7-12(20)5-11-6-13(28-16(11)14)8-22-18(26)17-23-19(27)25-24-17/h2-5,7,13H,6,8H2,1H3,(H,22,26)(H2,23,24,25,27). The SMILES string of the molecule is Cc1cc(-c2cc(F)cc3c2OC(CNC(=O)c2n[nH]c(=O)[nH]2)C3)ccc1F. The van der Waals surface area contributed by atoms with E-state index in [-0.39, 0.29) is 18.2 Å². The van der Waals surface area contributed by atoms with Crippen molar-refractivity contribution in [1.29, 1.82) is 0 Å². The van der Waals surface area contributed by atoms with Gasteiger partial charge in [0.15, 0.2) is 0 Å². The molecule has 0 bridgehead atoms. The second kappa shape index (κ2) is 6.91. The molecule has 2 aromatic carbocycles. The summed E-state index contributed by atoms with van der Waals surface area (Å²) in [7, 11) is 0. The predicted octanol–water partition coefficient (Wildman–Crippen LogP) is 2.09. The Labute approximate surface area is 157 Å². The van der Waals surface area contributed by atoms with Crippen molar-refractivity contribution in [3.05, 3.63) is 69.4 Å². The molecule has 144 valence electrons. The molecule has 1 unspecified atom stereocenters. The minimum Gasteiger partial charge on any atom is -0.487 e. The third kappa shape index (κ3) is 3.38. The molecule has 0 spiro atoms. The van der Waals surface area contributed by atoms with E-state index in [0.29, 0.717) is 34.4 Å². The number of hydrogen-bond acceptors (Lipinski definition) is 4. The van der Waals surface area contributed by atoms with E-state index in [0.717, 1.165) is 0 Å². The number of H-pyrrole nitrogens is 2. The quantitative estimate of drug-likeness (QED) is 0.639. The highest BCUT2D eigenvalue weighted by atomic mass is 19.1. The van der Waals surface area contributed by atoms with Crippen LogP contribution in [-0.4, -0.2) is 33.7 Å². The van der Waals surface area contributed by atoms with E-state index in [4.69, 9.17) is 4.74 Å². The Morgan fingerprint density at radius 1 is 1.32 bits per heavy atom. The van der Waals surface area contributed by atoms with Gasteiger partial charge < -0.3 is 10.1 Å². The van der Waals surface area contributed by atoms with Gasteiger partial charge in [-0.05, 0) is 42.3 Å². The second-order valence-electron chi connectivity index (χ2n) is 6.59. The zero-order chi connectivity index (χ0) is 19.8. The highest BCUT2D eigenvalue weighted by molar-refractivity contribution is 5.90. The zero-order valence-corrected chi connectivity index (χ0v) is 14.8. The molecule has 0 fully saturated rings. The Hall–Kier alpha value is -3.49. The Morgan fingerprint density at radius 2 is 2.14 bits per heavy atom. The van der Waals surface area contributed by atoms with Crippen molar-refractivity contribution >= 4 is 5.91 Å². The Balaban J connectivity index is 1.53. The molecule has 0 radical (unpaired) electrons. The van der Waals surface area contributed by atoms with Gasteiger partial charge in [0, 0.05) is 17.5 Å². The van der Waals surface area contributed by atoms with E-state index >= 15 is 0 Å². The molecule has 4 rings (SSSR count). The molecular weight excluding hydrogens is 370 g/mol. The number of nitrogens with zero attached hydrogens (tertiary/aromatic N) is 1. The molecule has 0 saturated carbocycles.